The molecule has 0 saturated heterocycles. The highest BCUT2D eigenvalue weighted by Crippen LogP contribution is 2.32. The quantitative estimate of drug-likeness (QED) is 0.512. The normalized spacial score (nSPS) is 10.6. The van der Waals surface area contributed by atoms with E-state index in [0.29, 0.717) is 11.3 Å². The number of ether oxygens (including phenoxy) is 1. The van der Waals surface area contributed by atoms with Gasteiger partial charge >= 0.3 is 0 Å². The molecule has 0 bridgehead atoms. The minimum Gasteiger partial charge on any atom is -0.483 e. The molecule has 0 aliphatic carbocycles. The maximum Gasteiger partial charge on any atom is 0.277 e. The zero-order valence-corrected chi connectivity index (χ0v) is 15.2. The van der Waals surface area contributed by atoms with Gasteiger partial charge in [0.05, 0.1) is 22.3 Å². The van der Waals surface area contributed by atoms with Crippen LogP contribution in [0, 0.1) is 11.3 Å². The molecular weight excluding hydrogens is 394 g/mol. The summed E-state index contributed by atoms with van der Waals surface area (Å²) in [7, 11) is 0. The molecule has 26 heavy (non-hydrogen) atoms. The third kappa shape index (κ3) is 4.26. The number of halogens is 1. The fraction of sp³-hybridized carbons (Fsp3) is 0.0500. The summed E-state index contributed by atoms with van der Waals surface area (Å²) in [4.78, 5) is 11.9. The van der Waals surface area contributed by atoms with Gasteiger partial charge in [0.1, 0.15) is 5.75 Å². The molecule has 1 amide bonds. The molecule has 0 aromatic heterocycles. The Kier molecular flexibility index (Phi) is 5.62. The van der Waals surface area contributed by atoms with Crippen LogP contribution in [0.25, 0.3) is 10.8 Å². The summed E-state index contributed by atoms with van der Waals surface area (Å²) >= 11 is 3.52. The molecular formula is C20H14BrN3O2. The molecule has 128 valence electrons. The standard InChI is InChI=1S/C20H14BrN3O2/c21-20-17-4-2-1-3-16(17)9-10-18(20)26-13-19(25)24-23-12-15-7-5-14(11-22)6-8-15/h1-10,12H,13H2,(H,24,25)/b23-12+. The number of carbonyl (C=O) groups excluding carboxylic acids is 1. The van der Waals surface area contributed by atoms with Crippen LogP contribution in [0.3, 0.4) is 0 Å². The molecule has 0 spiro atoms. The van der Waals surface area contributed by atoms with E-state index in [1.807, 2.05) is 42.5 Å². The van der Waals surface area contributed by atoms with Gasteiger partial charge in [0.25, 0.3) is 5.91 Å². The maximum absolute atomic E-state index is 11.9. The highest BCUT2D eigenvalue weighted by molar-refractivity contribution is 9.10. The maximum atomic E-state index is 11.9. The van der Waals surface area contributed by atoms with E-state index in [9.17, 15) is 4.79 Å². The molecule has 1 N–H and O–H groups in total. The molecule has 6 heteroatoms. The van der Waals surface area contributed by atoms with Crippen LogP contribution in [0.5, 0.6) is 5.75 Å². The van der Waals surface area contributed by atoms with Gasteiger partial charge in [-0.3, -0.25) is 4.79 Å². The first-order valence-electron chi connectivity index (χ1n) is 7.79. The number of rotatable bonds is 5. The fourth-order valence-corrected chi connectivity index (χ4v) is 2.93. The Morgan fingerprint density at radius 3 is 2.69 bits per heavy atom. The van der Waals surface area contributed by atoms with E-state index < -0.39 is 0 Å². The lowest BCUT2D eigenvalue weighted by Gasteiger charge is -2.09. The van der Waals surface area contributed by atoms with Crippen LogP contribution < -0.4 is 10.2 Å². The number of nitrogens with zero attached hydrogens (tertiary/aromatic N) is 2. The van der Waals surface area contributed by atoms with Gasteiger partial charge in [-0.05, 0) is 50.5 Å². The van der Waals surface area contributed by atoms with Crippen molar-refractivity contribution in [2.45, 2.75) is 0 Å². The Morgan fingerprint density at radius 1 is 1.15 bits per heavy atom. The zero-order valence-electron chi connectivity index (χ0n) is 13.6. The lowest BCUT2D eigenvalue weighted by molar-refractivity contribution is -0.123. The smallest absolute Gasteiger partial charge is 0.277 e. The number of carbonyl (C=O) groups is 1. The van der Waals surface area contributed by atoms with Crippen molar-refractivity contribution in [3.05, 3.63) is 76.3 Å². The number of benzene rings is 3. The first kappa shape index (κ1) is 17.6. The average Bonchev–Trinajstić information content (AvgIpc) is 2.68. The van der Waals surface area contributed by atoms with Gasteiger partial charge in [0, 0.05) is 0 Å². The number of fused-ring (bicyclic) bond motifs is 1. The van der Waals surface area contributed by atoms with Crippen molar-refractivity contribution < 1.29 is 9.53 Å². The summed E-state index contributed by atoms with van der Waals surface area (Å²) < 4.78 is 6.38. The SMILES string of the molecule is N#Cc1ccc(/C=N/NC(=O)COc2ccc3ccccc3c2Br)cc1. The Labute approximate surface area is 159 Å². The van der Waals surface area contributed by atoms with Gasteiger partial charge in [-0.25, -0.2) is 5.43 Å². The lowest BCUT2D eigenvalue weighted by Crippen LogP contribution is -2.24. The summed E-state index contributed by atoms with van der Waals surface area (Å²) in [6, 6.07) is 20.6. The predicted molar refractivity (Wildman–Crippen MR) is 104 cm³/mol. The number of hydrogen-bond donors (Lipinski definition) is 1. The minimum atomic E-state index is -0.366. The second kappa shape index (κ2) is 8.28. The molecule has 5 nitrogen and oxygen atoms in total. The number of hydrazone groups is 1. The third-order valence-electron chi connectivity index (χ3n) is 3.63. The van der Waals surface area contributed by atoms with Crippen molar-refractivity contribution in [2.75, 3.05) is 6.61 Å². The van der Waals surface area contributed by atoms with Gasteiger partial charge in [0.15, 0.2) is 6.61 Å². The van der Waals surface area contributed by atoms with E-state index in [1.165, 1.54) is 6.21 Å². The summed E-state index contributed by atoms with van der Waals surface area (Å²) in [5.41, 5.74) is 3.76. The minimum absolute atomic E-state index is 0.151. The largest absolute Gasteiger partial charge is 0.483 e. The molecule has 0 heterocycles. The monoisotopic (exact) mass is 407 g/mol. The van der Waals surface area contributed by atoms with Crippen molar-refractivity contribution in [1.29, 1.82) is 5.26 Å². The number of hydrogen-bond acceptors (Lipinski definition) is 4. The Hall–Kier alpha value is -3.17. The average molecular weight is 408 g/mol. The number of amides is 1. The van der Waals surface area contributed by atoms with Gasteiger partial charge in [-0.2, -0.15) is 10.4 Å². The van der Waals surface area contributed by atoms with Gasteiger partial charge in [-0.15, -0.1) is 0 Å². The van der Waals surface area contributed by atoms with Crippen molar-refractivity contribution in [3.63, 3.8) is 0 Å². The lowest BCUT2D eigenvalue weighted by atomic mass is 10.1. The molecule has 0 aliphatic rings. The summed E-state index contributed by atoms with van der Waals surface area (Å²) in [5.74, 6) is 0.227. The van der Waals surface area contributed by atoms with Gasteiger partial charge in [-0.1, -0.05) is 42.5 Å². The van der Waals surface area contributed by atoms with Crippen molar-refractivity contribution in [3.8, 4) is 11.8 Å². The van der Waals surface area contributed by atoms with Gasteiger partial charge < -0.3 is 4.74 Å². The fourth-order valence-electron chi connectivity index (χ4n) is 2.32. The van der Waals surface area contributed by atoms with Crippen LogP contribution in [0.1, 0.15) is 11.1 Å². The van der Waals surface area contributed by atoms with Gasteiger partial charge in [0.2, 0.25) is 0 Å². The molecule has 0 aliphatic heterocycles. The molecule has 0 radical (unpaired) electrons. The van der Waals surface area contributed by atoms with Crippen molar-refractivity contribution >= 4 is 38.8 Å². The first-order chi connectivity index (χ1) is 12.7. The van der Waals surface area contributed by atoms with E-state index in [4.69, 9.17) is 10.00 Å². The highest BCUT2D eigenvalue weighted by atomic mass is 79.9. The summed E-state index contributed by atoms with van der Waals surface area (Å²) in [6.45, 7) is -0.151. The highest BCUT2D eigenvalue weighted by Gasteiger charge is 2.08. The second-order valence-corrected chi connectivity index (χ2v) is 6.21. The molecule has 0 unspecified atom stereocenters. The third-order valence-corrected chi connectivity index (χ3v) is 4.45. The summed E-state index contributed by atoms with van der Waals surface area (Å²) in [5, 5.41) is 14.7. The van der Waals surface area contributed by atoms with Crippen molar-refractivity contribution in [2.24, 2.45) is 5.10 Å². The van der Waals surface area contributed by atoms with E-state index in [1.54, 1.807) is 24.3 Å². The topological polar surface area (TPSA) is 74.5 Å². The molecule has 3 aromatic rings. The Balaban J connectivity index is 1.56. The van der Waals surface area contributed by atoms with Crippen LogP contribution in [0.4, 0.5) is 0 Å². The second-order valence-electron chi connectivity index (χ2n) is 5.41. The molecule has 0 atom stereocenters. The van der Waals surface area contributed by atoms with E-state index in [0.717, 1.165) is 20.8 Å². The Morgan fingerprint density at radius 2 is 1.92 bits per heavy atom. The van der Waals surface area contributed by atoms with Crippen LogP contribution in [-0.4, -0.2) is 18.7 Å². The van der Waals surface area contributed by atoms with Crippen molar-refractivity contribution in [1.82, 2.24) is 5.43 Å². The van der Waals surface area contributed by atoms with E-state index in [-0.39, 0.29) is 12.5 Å². The number of nitriles is 1. The Bertz CT molecular complexity index is 1010. The molecule has 0 fully saturated rings. The number of nitrogens with one attached hydrogen (secondary N) is 1. The summed E-state index contributed by atoms with van der Waals surface area (Å²) in [6.07, 6.45) is 1.50. The first-order valence-corrected chi connectivity index (χ1v) is 8.59. The van der Waals surface area contributed by atoms with E-state index >= 15 is 0 Å². The van der Waals surface area contributed by atoms with Crippen LogP contribution in [-0.2, 0) is 4.79 Å². The molecule has 3 rings (SSSR count). The molecule has 0 saturated carbocycles. The van der Waals surface area contributed by atoms with Crippen LogP contribution in [0.15, 0.2) is 70.2 Å². The van der Waals surface area contributed by atoms with Crippen LogP contribution in [0.2, 0.25) is 0 Å². The van der Waals surface area contributed by atoms with E-state index in [2.05, 4.69) is 26.5 Å². The molecule has 3 aromatic carbocycles. The van der Waals surface area contributed by atoms with Crippen LogP contribution >= 0.6 is 15.9 Å². The predicted octanol–water partition coefficient (Wildman–Crippen LogP) is 4.00. The zero-order chi connectivity index (χ0) is 18.4.